The lowest BCUT2D eigenvalue weighted by Crippen LogP contribution is -2.17. The summed E-state index contributed by atoms with van der Waals surface area (Å²) in [5.74, 6) is -5.18. The van der Waals surface area contributed by atoms with Gasteiger partial charge in [0.05, 0.1) is 17.1 Å². The van der Waals surface area contributed by atoms with E-state index >= 15 is 0 Å². The third-order valence-corrected chi connectivity index (χ3v) is 4.39. The molecule has 0 aliphatic heterocycles. The number of hydrogen-bond acceptors (Lipinski definition) is 3. The molecular weight excluding hydrogens is 381 g/mol. The smallest absolute Gasteiger partial charge is 0.262 e. The number of H-pyrrole nitrogens is 1. The number of halogens is 3. The lowest BCUT2D eigenvalue weighted by Gasteiger charge is -2.06. The Balaban J connectivity index is 1.67. The van der Waals surface area contributed by atoms with E-state index in [0.717, 1.165) is 11.1 Å². The summed E-state index contributed by atoms with van der Waals surface area (Å²) in [7, 11) is 0. The van der Waals surface area contributed by atoms with E-state index in [1.807, 2.05) is 6.07 Å². The van der Waals surface area contributed by atoms with Crippen LogP contribution in [0.25, 0.3) is 22.0 Å². The molecule has 0 aliphatic rings. The van der Waals surface area contributed by atoms with E-state index in [-0.39, 0.29) is 5.82 Å². The van der Waals surface area contributed by atoms with Crippen molar-refractivity contribution in [3.05, 3.63) is 83.2 Å². The zero-order chi connectivity index (χ0) is 20.5. The van der Waals surface area contributed by atoms with E-state index in [9.17, 15) is 18.0 Å². The van der Waals surface area contributed by atoms with Crippen molar-refractivity contribution in [3.63, 3.8) is 0 Å². The van der Waals surface area contributed by atoms with Crippen molar-refractivity contribution in [2.75, 3.05) is 5.32 Å². The van der Waals surface area contributed by atoms with Crippen LogP contribution in [0.2, 0.25) is 0 Å². The van der Waals surface area contributed by atoms with E-state index in [2.05, 4.69) is 21.6 Å². The molecule has 0 saturated carbocycles. The first-order valence-corrected chi connectivity index (χ1v) is 8.41. The number of fused-ring (bicyclic) bond motifs is 1. The second-order valence-corrected chi connectivity index (χ2v) is 6.20. The quantitative estimate of drug-likeness (QED) is 0.493. The third kappa shape index (κ3) is 3.30. The SMILES string of the molecule is N#Cc1cccc(-c2ccc3c(NC(=O)c4c(F)ccc(F)c4F)n[nH]c3c2)c1. The van der Waals surface area contributed by atoms with Crippen LogP contribution in [-0.4, -0.2) is 16.1 Å². The van der Waals surface area contributed by atoms with Crippen LogP contribution in [0.1, 0.15) is 15.9 Å². The highest BCUT2D eigenvalue weighted by Crippen LogP contribution is 2.28. The standard InChI is InChI=1S/C21H11F3N4O/c22-15-6-7-16(23)19(24)18(15)21(29)26-20-14-5-4-13(9-17(14)27-28-20)12-3-1-2-11(8-12)10-25/h1-9H,(H2,26,27,28,29). The van der Waals surface area contributed by atoms with Crippen molar-refractivity contribution in [3.8, 4) is 17.2 Å². The Hall–Kier alpha value is -4.12. The number of nitrogens with one attached hydrogen (secondary N) is 2. The summed E-state index contributed by atoms with van der Waals surface area (Å²) >= 11 is 0. The molecular formula is C21H11F3N4O. The van der Waals surface area contributed by atoms with Gasteiger partial charge in [-0.05, 0) is 47.5 Å². The summed E-state index contributed by atoms with van der Waals surface area (Å²) in [6.07, 6.45) is 0. The minimum absolute atomic E-state index is 0.0467. The number of rotatable bonds is 3. The Morgan fingerprint density at radius 2 is 1.76 bits per heavy atom. The Labute approximate surface area is 162 Å². The largest absolute Gasteiger partial charge is 0.304 e. The van der Waals surface area contributed by atoms with Crippen molar-refractivity contribution < 1.29 is 18.0 Å². The fourth-order valence-corrected chi connectivity index (χ4v) is 2.97. The summed E-state index contributed by atoms with van der Waals surface area (Å²) in [6, 6.07) is 15.6. The third-order valence-electron chi connectivity index (χ3n) is 4.39. The van der Waals surface area contributed by atoms with Gasteiger partial charge in [-0.2, -0.15) is 10.4 Å². The second-order valence-electron chi connectivity index (χ2n) is 6.20. The molecule has 142 valence electrons. The number of nitrogens with zero attached hydrogens (tertiary/aromatic N) is 2. The molecule has 0 fully saturated rings. The highest BCUT2D eigenvalue weighted by molar-refractivity contribution is 6.08. The molecule has 0 atom stereocenters. The number of aromatic amines is 1. The maximum Gasteiger partial charge on any atom is 0.262 e. The fourth-order valence-electron chi connectivity index (χ4n) is 2.97. The minimum atomic E-state index is -1.57. The predicted molar refractivity (Wildman–Crippen MR) is 101 cm³/mol. The number of hydrogen-bond donors (Lipinski definition) is 2. The number of aromatic nitrogens is 2. The zero-order valence-electron chi connectivity index (χ0n) is 14.6. The molecule has 4 rings (SSSR count). The lowest BCUT2D eigenvalue weighted by atomic mass is 10.0. The zero-order valence-corrected chi connectivity index (χ0v) is 14.6. The molecule has 0 bridgehead atoms. The summed E-state index contributed by atoms with van der Waals surface area (Å²) in [5.41, 5.74) is 1.67. The molecule has 1 heterocycles. The molecule has 0 saturated heterocycles. The van der Waals surface area contributed by atoms with Gasteiger partial charge in [-0.1, -0.05) is 18.2 Å². The molecule has 0 spiro atoms. The van der Waals surface area contributed by atoms with Crippen molar-refractivity contribution >= 4 is 22.6 Å². The summed E-state index contributed by atoms with van der Waals surface area (Å²) in [4.78, 5) is 12.3. The van der Waals surface area contributed by atoms with Gasteiger partial charge >= 0.3 is 0 Å². The van der Waals surface area contributed by atoms with E-state index in [1.54, 1.807) is 36.4 Å². The monoisotopic (exact) mass is 392 g/mol. The molecule has 0 radical (unpaired) electrons. The molecule has 4 aromatic rings. The van der Waals surface area contributed by atoms with Crippen molar-refractivity contribution in [2.45, 2.75) is 0 Å². The molecule has 1 aromatic heterocycles. The van der Waals surface area contributed by atoms with Crippen LogP contribution in [0.5, 0.6) is 0 Å². The Morgan fingerprint density at radius 3 is 2.55 bits per heavy atom. The second kappa shape index (κ2) is 7.13. The van der Waals surface area contributed by atoms with Gasteiger partial charge in [0.1, 0.15) is 11.4 Å². The van der Waals surface area contributed by atoms with Crippen molar-refractivity contribution in [1.82, 2.24) is 10.2 Å². The van der Waals surface area contributed by atoms with E-state index in [1.165, 1.54) is 0 Å². The van der Waals surface area contributed by atoms with Gasteiger partial charge < -0.3 is 5.32 Å². The van der Waals surface area contributed by atoms with Gasteiger partial charge in [0, 0.05) is 5.39 Å². The Bertz CT molecular complexity index is 1310. The van der Waals surface area contributed by atoms with Crippen molar-refractivity contribution in [1.29, 1.82) is 5.26 Å². The van der Waals surface area contributed by atoms with E-state index < -0.39 is 28.9 Å². The average molecular weight is 392 g/mol. The molecule has 2 N–H and O–H groups in total. The summed E-state index contributed by atoms with van der Waals surface area (Å²) in [5, 5.41) is 18.5. The maximum atomic E-state index is 13.8. The van der Waals surface area contributed by atoms with Gasteiger partial charge in [-0.15, -0.1) is 0 Å². The number of carbonyl (C=O) groups is 1. The summed E-state index contributed by atoms with van der Waals surface area (Å²) in [6.45, 7) is 0. The minimum Gasteiger partial charge on any atom is -0.304 e. The van der Waals surface area contributed by atoms with Crippen molar-refractivity contribution in [2.24, 2.45) is 0 Å². The van der Waals surface area contributed by atoms with Crippen LogP contribution in [-0.2, 0) is 0 Å². The number of benzene rings is 3. The summed E-state index contributed by atoms with van der Waals surface area (Å²) < 4.78 is 41.0. The molecule has 8 heteroatoms. The topological polar surface area (TPSA) is 81.6 Å². The number of carbonyl (C=O) groups excluding carboxylic acids is 1. The Morgan fingerprint density at radius 1 is 1.00 bits per heavy atom. The van der Waals surface area contributed by atoms with Crippen LogP contribution in [0.4, 0.5) is 19.0 Å². The van der Waals surface area contributed by atoms with Gasteiger partial charge in [0.15, 0.2) is 17.5 Å². The molecule has 0 aliphatic carbocycles. The first-order valence-electron chi connectivity index (χ1n) is 8.41. The Kier molecular flexibility index (Phi) is 4.49. The maximum absolute atomic E-state index is 13.8. The van der Waals surface area contributed by atoms with E-state index in [4.69, 9.17) is 5.26 Å². The molecule has 3 aromatic carbocycles. The van der Waals surface area contributed by atoms with Crippen LogP contribution in [0, 0.1) is 28.8 Å². The molecule has 1 amide bonds. The van der Waals surface area contributed by atoms with Crippen LogP contribution >= 0.6 is 0 Å². The molecule has 0 unspecified atom stereocenters. The van der Waals surface area contributed by atoms with E-state index in [0.29, 0.717) is 28.6 Å². The first-order chi connectivity index (χ1) is 14.0. The van der Waals surface area contributed by atoms with Gasteiger partial charge in [-0.3, -0.25) is 9.89 Å². The number of anilines is 1. The van der Waals surface area contributed by atoms with Gasteiger partial charge in [-0.25, -0.2) is 13.2 Å². The van der Waals surface area contributed by atoms with Crippen LogP contribution in [0.3, 0.4) is 0 Å². The van der Waals surface area contributed by atoms with Gasteiger partial charge in [0.25, 0.3) is 5.91 Å². The normalized spacial score (nSPS) is 10.7. The molecule has 5 nitrogen and oxygen atoms in total. The predicted octanol–water partition coefficient (Wildman–Crippen LogP) is 4.77. The first kappa shape index (κ1) is 18.3. The highest BCUT2D eigenvalue weighted by Gasteiger charge is 2.22. The molecule has 29 heavy (non-hydrogen) atoms. The lowest BCUT2D eigenvalue weighted by molar-refractivity contribution is 0.101. The number of amides is 1. The fraction of sp³-hybridized carbons (Fsp3) is 0. The number of nitriles is 1. The van der Waals surface area contributed by atoms with Crippen LogP contribution in [0.15, 0.2) is 54.6 Å². The van der Waals surface area contributed by atoms with Gasteiger partial charge in [0.2, 0.25) is 0 Å². The average Bonchev–Trinajstić information content (AvgIpc) is 3.13. The highest BCUT2D eigenvalue weighted by atomic mass is 19.2. The van der Waals surface area contributed by atoms with Crippen LogP contribution < -0.4 is 5.32 Å².